The second-order valence-electron chi connectivity index (χ2n) is 10.3. The minimum absolute atomic E-state index is 0.103. The SMILES string of the molecule is CC(C)(O)c1c(Cc2ccccc2)c2cc(OC3CCCC3)ccc2n1C(=O)NCc1cncc(F)c1. The molecule has 0 aliphatic heterocycles. The minimum atomic E-state index is -1.31. The Labute approximate surface area is 216 Å². The number of nitrogens with one attached hydrogen (secondary N) is 1. The highest BCUT2D eigenvalue weighted by atomic mass is 19.1. The van der Waals surface area contributed by atoms with Crippen LogP contribution in [0.3, 0.4) is 0 Å². The molecule has 2 heterocycles. The zero-order chi connectivity index (χ0) is 26.0. The summed E-state index contributed by atoms with van der Waals surface area (Å²) in [5.41, 5.74) is 2.36. The number of hydrogen-bond donors (Lipinski definition) is 2. The van der Waals surface area contributed by atoms with Gasteiger partial charge in [0.15, 0.2) is 0 Å². The smallest absolute Gasteiger partial charge is 0.326 e. The van der Waals surface area contributed by atoms with Crippen molar-refractivity contribution in [2.24, 2.45) is 0 Å². The first-order valence-electron chi connectivity index (χ1n) is 12.8. The van der Waals surface area contributed by atoms with Crippen molar-refractivity contribution in [1.29, 1.82) is 0 Å². The summed E-state index contributed by atoms with van der Waals surface area (Å²) >= 11 is 0. The van der Waals surface area contributed by atoms with Crippen LogP contribution in [0.1, 0.15) is 61.9 Å². The predicted molar refractivity (Wildman–Crippen MR) is 141 cm³/mol. The Bertz CT molecular complexity index is 1400. The molecule has 2 N–H and O–H groups in total. The van der Waals surface area contributed by atoms with Gasteiger partial charge < -0.3 is 15.2 Å². The summed E-state index contributed by atoms with van der Waals surface area (Å²) in [5.74, 6) is 0.301. The van der Waals surface area contributed by atoms with Crippen molar-refractivity contribution in [3.63, 3.8) is 0 Å². The van der Waals surface area contributed by atoms with E-state index in [4.69, 9.17) is 4.74 Å². The van der Waals surface area contributed by atoms with Crippen LogP contribution in [0.4, 0.5) is 9.18 Å². The Kier molecular flexibility index (Phi) is 6.98. The predicted octanol–water partition coefficient (Wildman–Crippen LogP) is 6.07. The summed E-state index contributed by atoms with van der Waals surface area (Å²) in [6.07, 6.45) is 7.81. The number of carbonyl (C=O) groups is 1. The van der Waals surface area contributed by atoms with Crippen molar-refractivity contribution in [1.82, 2.24) is 14.9 Å². The lowest BCUT2D eigenvalue weighted by Gasteiger charge is -2.22. The van der Waals surface area contributed by atoms with Gasteiger partial charge in [-0.2, -0.15) is 0 Å². The zero-order valence-corrected chi connectivity index (χ0v) is 21.2. The van der Waals surface area contributed by atoms with Crippen LogP contribution in [-0.4, -0.2) is 26.8 Å². The number of halogens is 1. The molecule has 0 saturated heterocycles. The number of rotatable bonds is 7. The van der Waals surface area contributed by atoms with Gasteiger partial charge >= 0.3 is 6.03 Å². The Balaban J connectivity index is 1.60. The number of fused-ring (bicyclic) bond motifs is 1. The molecule has 7 heteroatoms. The molecule has 2 aromatic heterocycles. The lowest BCUT2D eigenvalue weighted by molar-refractivity contribution is 0.0708. The number of pyridine rings is 1. The second kappa shape index (κ2) is 10.3. The molecule has 5 rings (SSSR count). The maximum absolute atomic E-state index is 13.6. The van der Waals surface area contributed by atoms with E-state index in [-0.39, 0.29) is 12.6 Å². The summed E-state index contributed by atoms with van der Waals surface area (Å²) in [6, 6.07) is 16.7. The molecule has 0 radical (unpaired) electrons. The van der Waals surface area contributed by atoms with Crippen LogP contribution in [0.15, 0.2) is 67.0 Å². The van der Waals surface area contributed by atoms with Gasteiger partial charge in [-0.1, -0.05) is 30.3 Å². The fraction of sp³-hybridized carbons (Fsp3) is 0.333. The van der Waals surface area contributed by atoms with Gasteiger partial charge in [0, 0.05) is 18.1 Å². The van der Waals surface area contributed by atoms with Gasteiger partial charge in [0.25, 0.3) is 0 Å². The van der Waals surface area contributed by atoms with E-state index in [1.54, 1.807) is 18.4 Å². The molecule has 4 aromatic rings. The van der Waals surface area contributed by atoms with Gasteiger partial charge in [0.2, 0.25) is 0 Å². The van der Waals surface area contributed by atoms with E-state index in [2.05, 4.69) is 10.3 Å². The van der Waals surface area contributed by atoms with Crippen molar-refractivity contribution in [3.05, 3.63) is 95.2 Å². The quantitative estimate of drug-likeness (QED) is 0.322. The molecule has 1 aliphatic carbocycles. The molecule has 0 atom stereocenters. The van der Waals surface area contributed by atoms with Crippen molar-refractivity contribution in [2.45, 2.75) is 64.2 Å². The number of nitrogens with zero attached hydrogens (tertiary/aromatic N) is 2. The average molecular weight is 502 g/mol. The normalized spacial score (nSPS) is 14.3. The molecule has 37 heavy (non-hydrogen) atoms. The molecule has 1 fully saturated rings. The van der Waals surface area contributed by atoms with Gasteiger partial charge in [-0.3, -0.25) is 9.55 Å². The fourth-order valence-corrected chi connectivity index (χ4v) is 5.25. The number of aliphatic hydroxyl groups is 1. The number of benzene rings is 2. The summed E-state index contributed by atoms with van der Waals surface area (Å²) < 4.78 is 21.4. The third kappa shape index (κ3) is 5.52. The van der Waals surface area contributed by atoms with E-state index in [9.17, 15) is 14.3 Å². The van der Waals surface area contributed by atoms with E-state index in [1.807, 2.05) is 48.5 Å². The summed E-state index contributed by atoms with van der Waals surface area (Å²) in [6.45, 7) is 3.48. The Morgan fingerprint density at radius 3 is 2.57 bits per heavy atom. The Morgan fingerprint density at radius 1 is 1.11 bits per heavy atom. The van der Waals surface area contributed by atoms with Crippen LogP contribution in [0.25, 0.3) is 10.9 Å². The first kappa shape index (κ1) is 25.0. The van der Waals surface area contributed by atoms with Gasteiger partial charge in [-0.05, 0) is 86.9 Å². The van der Waals surface area contributed by atoms with Crippen LogP contribution in [0.2, 0.25) is 0 Å². The molecule has 1 saturated carbocycles. The average Bonchev–Trinajstić information content (AvgIpc) is 3.49. The monoisotopic (exact) mass is 501 g/mol. The molecule has 192 valence electrons. The summed E-state index contributed by atoms with van der Waals surface area (Å²) in [7, 11) is 0. The topological polar surface area (TPSA) is 76.4 Å². The highest BCUT2D eigenvalue weighted by Crippen LogP contribution is 2.37. The molecule has 0 unspecified atom stereocenters. The number of ether oxygens (including phenoxy) is 1. The molecule has 1 aliphatic rings. The van der Waals surface area contributed by atoms with Crippen molar-refractivity contribution in [3.8, 4) is 5.75 Å². The lowest BCUT2D eigenvalue weighted by atomic mass is 9.94. The van der Waals surface area contributed by atoms with Crippen LogP contribution in [-0.2, 0) is 18.6 Å². The van der Waals surface area contributed by atoms with E-state index < -0.39 is 17.4 Å². The molecule has 1 amide bonds. The van der Waals surface area contributed by atoms with E-state index in [1.165, 1.54) is 25.1 Å². The molecule has 2 aromatic carbocycles. The number of carbonyl (C=O) groups excluding carboxylic acids is 1. The first-order chi connectivity index (χ1) is 17.8. The molecule has 0 spiro atoms. The summed E-state index contributed by atoms with van der Waals surface area (Å²) in [4.78, 5) is 17.5. The fourth-order valence-electron chi connectivity index (χ4n) is 5.25. The Morgan fingerprint density at radius 2 is 1.86 bits per heavy atom. The zero-order valence-electron chi connectivity index (χ0n) is 21.2. The summed E-state index contributed by atoms with van der Waals surface area (Å²) in [5, 5.41) is 15.0. The highest BCUT2D eigenvalue weighted by Gasteiger charge is 2.31. The number of hydrogen-bond acceptors (Lipinski definition) is 4. The largest absolute Gasteiger partial charge is 0.490 e. The molecule has 6 nitrogen and oxygen atoms in total. The van der Waals surface area contributed by atoms with Crippen LogP contribution >= 0.6 is 0 Å². The highest BCUT2D eigenvalue weighted by molar-refractivity contribution is 5.96. The number of amides is 1. The third-order valence-electron chi connectivity index (χ3n) is 6.86. The lowest BCUT2D eigenvalue weighted by Crippen LogP contribution is -2.33. The molecular weight excluding hydrogens is 469 g/mol. The van der Waals surface area contributed by atoms with Crippen LogP contribution < -0.4 is 10.1 Å². The minimum Gasteiger partial charge on any atom is -0.490 e. The second-order valence-corrected chi connectivity index (χ2v) is 10.3. The van der Waals surface area contributed by atoms with Gasteiger partial charge in [0.05, 0.1) is 29.1 Å². The number of aromatic nitrogens is 2. The van der Waals surface area contributed by atoms with Crippen molar-refractivity contribution < 1.29 is 19.0 Å². The first-order valence-corrected chi connectivity index (χ1v) is 12.8. The third-order valence-corrected chi connectivity index (χ3v) is 6.86. The van der Waals surface area contributed by atoms with E-state index in [0.717, 1.165) is 41.3 Å². The van der Waals surface area contributed by atoms with Gasteiger partial charge in [-0.25, -0.2) is 9.18 Å². The van der Waals surface area contributed by atoms with Crippen LogP contribution in [0, 0.1) is 5.82 Å². The molecule has 0 bridgehead atoms. The van der Waals surface area contributed by atoms with Crippen molar-refractivity contribution in [2.75, 3.05) is 0 Å². The van der Waals surface area contributed by atoms with Gasteiger partial charge in [0.1, 0.15) is 11.6 Å². The maximum Gasteiger partial charge on any atom is 0.326 e. The molecular formula is C30H32FN3O3. The maximum atomic E-state index is 13.6. The van der Waals surface area contributed by atoms with Crippen LogP contribution in [0.5, 0.6) is 5.75 Å². The van der Waals surface area contributed by atoms with Gasteiger partial charge in [-0.15, -0.1) is 0 Å². The van der Waals surface area contributed by atoms with E-state index >= 15 is 0 Å². The van der Waals surface area contributed by atoms with Crippen molar-refractivity contribution >= 4 is 16.9 Å². The standard InChI is InChI=1S/C30H32FN3O3/c1-30(2,36)28-26(15-20-8-4-3-5-9-20)25-16-24(37-23-10-6-7-11-23)12-13-27(25)34(28)29(35)33-18-21-14-22(31)19-32-17-21/h3-5,8-9,12-14,16-17,19,23,36H,6-7,10-11,15,18H2,1-2H3,(H,33,35). The Hall–Kier alpha value is -3.71. The van der Waals surface area contributed by atoms with E-state index in [0.29, 0.717) is 23.2 Å².